The first-order valence-corrected chi connectivity index (χ1v) is 13.7. The van der Waals surface area contributed by atoms with Crippen LogP contribution >= 0.6 is 11.6 Å². The lowest BCUT2D eigenvalue weighted by Crippen LogP contribution is -2.70. The Labute approximate surface area is 206 Å². The lowest BCUT2D eigenvalue weighted by Gasteiger charge is -2.47. The number of hydrogen-bond donors (Lipinski definition) is 2. The predicted molar refractivity (Wildman–Crippen MR) is 137 cm³/mol. The van der Waals surface area contributed by atoms with Crippen molar-refractivity contribution in [1.82, 2.24) is 4.90 Å². The Bertz CT molecular complexity index is 1000. The zero-order valence-corrected chi connectivity index (χ0v) is 21.6. The number of aliphatic carboxylic acids is 1. The first kappa shape index (κ1) is 26.0. The first-order valence-electron chi connectivity index (χ1n) is 11.3. The van der Waals surface area contributed by atoms with Gasteiger partial charge in [0.15, 0.2) is 5.54 Å². The molecular weight excluding hydrogens is 470 g/mol. The lowest BCUT2D eigenvalue weighted by molar-refractivity contribution is -0.153. The highest BCUT2D eigenvalue weighted by molar-refractivity contribution is 6.99. The average Bonchev–Trinajstić information content (AvgIpc) is 3.16. The molecule has 1 aliphatic heterocycles. The van der Waals surface area contributed by atoms with E-state index < -0.39 is 32.0 Å². The van der Waals surface area contributed by atoms with Crippen molar-refractivity contribution in [1.29, 1.82) is 0 Å². The minimum atomic E-state index is -3.12. The molecule has 2 aromatic rings. The number of rotatable bonds is 8. The van der Waals surface area contributed by atoms with E-state index in [1.54, 1.807) is 0 Å². The van der Waals surface area contributed by atoms with Gasteiger partial charge in [-0.05, 0) is 21.8 Å². The van der Waals surface area contributed by atoms with E-state index in [-0.39, 0.29) is 30.3 Å². The molecule has 1 aliphatic rings. The Morgan fingerprint density at radius 2 is 1.59 bits per heavy atom. The third-order valence-corrected chi connectivity index (χ3v) is 12.1. The monoisotopic (exact) mass is 501 g/mol. The third kappa shape index (κ3) is 4.40. The molecule has 0 bridgehead atoms. The summed E-state index contributed by atoms with van der Waals surface area (Å²) in [5, 5.41) is 22.0. The van der Waals surface area contributed by atoms with Crippen LogP contribution in [0.1, 0.15) is 33.6 Å². The maximum absolute atomic E-state index is 12.9. The van der Waals surface area contributed by atoms with Crippen LogP contribution in [-0.4, -0.2) is 59.6 Å². The summed E-state index contributed by atoms with van der Waals surface area (Å²) < 4.78 is 7.11. The second-order valence-corrected chi connectivity index (χ2v) is 14.3. The van der Waals surface area contributed by atoms with Crippen molar-refractivity contribution in [2.45, 2.75) is 50.3 Å². The number of nitrogens with zero attached hydrogens (tertiary/aromatic N) is 1. The van der Waals surface area contributed by atoms with E-state index in [4.69, 9.17) is 16.0 Å². The van der Waals surface area contributed by atoms with Gasteiger partial charge in [-0.15, -0.1) is 11.6 Å². The fourth-order valence-electron chi connectivity index (χ4n) is 5.15. The quantitative estimate of drug-likeness (QED) is 0.319. The molecular formula is C26H32ClNO5Si. The van der Waals surface area contributed by atoms with Crippen molar-refractivity contribution in [2.24, 2.45) is 0 Å². The summed E-state index contributed by atoms with van der Waals surface area (Å²) in [6, 6.07) is 19.8. The zero-order valence-electron chi connectivity index (χ0n) is 19.8. The summed E-state index contributed by atoms with van der Waals surface area (Å²) in [5.74, 6) is -1.21. The van der Waals surface area contributed by atoms with Crippen LogP contribution in [0.4, 0.5) is 4.79 Å². The summed E-state index contributed by atoms with van der Waals surface area (Å²) >= 11 is 5.98. The number of halogens is 1. The second-order valence-electron chi connectivity index (χ2n) is 9.78. The minimum Gasteiger partial charge on any atom is -0.479 e. The van der Waals surface area contributed by atoms with Gasteiger partial charge in [-0.2, -0.15) is 0 Å². The first-order chi connectivity index (χ1) is 16.0. The SMILES string of the molecule is C=C(CCl)CC1(C(=O)O)C(O[Si](c2ccccc2)(c2ccccc2)C(C)(C)C)CCN1C(=O)O. The van der Waals surface area contributed by atoms with Crippen molar-refractivity contribution in [2.75, 3.05) is 12.4 Å². The van der Waals surface area contributed by atoms with Crippen molar-refractivity contribution >= 4 is 42.4 Å². The molecule has 2 N–H and O–H groups in total. The van der Waals surface area contributed by atoms with Crippen LogP contribution in [0.2, 0.25) is 5.04 Å². The molecule has 0 saturated carbocycles. The number of carboxylic acids is 1. The molecule has 0 aliphatic carbocycles. The Morgan fingerprint density at radius 1 is 1.09 bits per heavy atom. The Morgan fingerprint density at radius 3 is 1.97 bits per heavy atom. The molecule has 0 radical (unpaired) electrons. The van der Waals surface area contributed by atoms with E-state index in [1.807, 2.05) is 60.7 Å². The average molecular weight is 502 g/mol. The van der Waals surface area contributed by atoms with E-state index in [0.29, 0.717) is 5.57 Å². The number of hydrogen-bond acceptors (Lipinski definition) is 3. The van der Waals surface area contributed by atoms with Crippen molar-refractivity contribution < 1.29 is 24.2 Å². The van der Waals surface area contributed by atoms with Crippen LogP contribution in [0.3, 0.4) is 0 Å². The largest absolute Gasteiger partial charge is 0.479 e. The molecule has 1 heterocycles. The Kier molecular flexibility index (Phi) is 7.60. The summed E-state index contributed by atoms with van der Waals surface area (Å²) in [4.78, 5) is 26.0. The molecule has 6 nitrogen and oxygen atoms in total. The lowest BCUT2D eigenvalue weighted by atomic mass is 9.86. The number of carboxylic acid groups (broad SMARTS) is 2. The van der Waals surface area contributed by atoms with Gasteiger partial charge in [0.05, 0.1) is 6.10 Å². The molecule has 182 valence electrons. The fourth-order valence-corrected chi connectivity index (χ4v) is 10.0. The van der Waals surface area contributed by atoms with Gasteiger partial charge in [0.25, 0.3) is 8.32 Å². The van der Waals surface area contributed by atoms with Crippen molar-refractivity contribution in [3.8, 4) is 0 Å². The molecule has 2 unspecified atom stereocenters. The normalized spacial score (nSPS) is 20.8. The number of carbonyl (C=O) groups is 2. The molecule has 3 rings (SSSR count). The van der Waals surface area contributed by atoms with E-state index in [9.17, 15) is 19.8 Å². The van der Waals surface area contributed by atoms with Gasteiger partial charge < -0.3 is 14.6 Å². The van der Waals surface area contributed by atoms with Gasteiger partial charge in [0, 0.05) is 18.8 Å². The molecule has 2 aromatic carbocycles. The smallest absolute Gasteiger partial charge is 0.408 e. The summed E-state index contributed by atoms with van der Waals surface area (Å²) in [5.41, 5.74) is -1.36. The molecule has 0 spiro atoms. The summed E-state index contributed by atoms with van der Waals surface area (Å²) in [6.07, 6.45) is -2.02. The van der Waals surface area contributed by atoms with Crippen molar-refractivity contribution in [3.05, 3.63) is 72.8 Å². The van der Waals surface area contributed by atoms with Gasteiger partial charge in [0.1, 0.15) is 0 Å². The van der Waals surface area contributed by atoms with Crippen LogP contribution < -0.4 is 10.4 Å². The van der Waals surface area contributed by atoms with E-state index >= 15 is 0 Å². The number of benzene rings is 2. The van der Waals surface area contributed by atoms with E-state index in [1.165, 1.54) is 0 Å². The van der Waals surface area contributed by atoms with Crippen LogP contribution in [0.25, 0.3) is 0 Å². The van der Waals surface area contributed by atoms with Gasteiger partial charge in [-0.25, -0.2) is 9.59 Å². The minimum absolute atomic E-state index is 0.0361. The zero-order chi connectivity index (χ0) is 25.1. The molecule has 2 atom stereocenters. The van der Waals surface area contributed by atoms with Crippen LogP contribution in [0.15, 0.2) is 72.8 Å². The summed E-state index contributed by atoms with van der Waals surface area (Å²) in [6.45, 7) is 10.3. The Balaban J connectivity index is 2.27. The van der Waals surface area contributed by atoms with Gasteiger partial charge in [-0.1, -0.05) is 93.6 Å². The van der Waals surface area contributed by atoms with Crippen molar-refractivity contribution in [3.63, 3.8) is 0 Å². The second kappa shape index (κ2) is 9.94. The number of amides is 1. The fraction of sp³-hybridized carbons (Fsp3) is 0.385. The van der Waals surface area contributed by atoms with Crippen LogP contribution in [-0.2, 0) is 9.22 Å². The highest BCUT2D eigenvalue weighted by Gasteiger charge is 2.62. The number of alkyl halides is 1. The third-order valence-electron chi connectivity index (χ3n) is 6.67. The predicted octanol–water partition coefficient (Wildman–Crippen LogP) is 4.32. The maximum atomic E-state index is 12.9. The van der Waals surface area contributed by atoms with Crippen LogP contribution in [0, 0.1) is 0 Å². The number of likely N-dealkylation sites (tertiary alicyclic amines) is 1. The highest BCUT2D eigenvalue weighted by Crippen LogP contribution is 2.44. The Hall–Kier alpha value is -2.61. The summed E-state index contributed by atoms with van der Waals surface area (Å²) in [7, 11) is -3.12. The molecule has 1 amide bonds. The van der Waals surface area contributed by atoms with E-state index in [2.05, 4.69) is 27.4 Å². The van der Waals surface area contributed by atoms with Crippen LogP contribution in [0.5, 0.6) is 0 Å². The highest BCUT2D eigenvalue weighted by atomic mass is 35.5. The van der Waals surface area contributed by atoms with E-state index in [0.717, 1.165) is 15.3 Å². The van der Waals surface area contributed by atoms with Gasteiger partial charge >= 0.3 is 12.1 Å². The molecule has 0 aromatic heterocycles. The molecule has 8 heteroatoms. The standard InChI is InChI=1S/C26H32ClNO5Si/c1-19(18-27)17-26(23(29)30)22(15-16-28(26)24(31)32)33-34(25(2,3)4,20-11-7-5-8-12-20)21-13-9-6-10-14-21/h5-14,22H,1,15-18H2,2-4H3,(H,29,30)(H,31,32). The topological polar surface area (TPSA) is 87.1 Å². The van der Waals surface area contributed by atoms with Gasteiger partial charge in [-0.3, -0.25) is 4.90 Å². The van der Waals surface area contributed by atoms with Gasteiger partial charge in [0.2, 0.25) is 0 Å². The molecule has 34 heavy (non-hydrogen) atoms. The molecule has 1 fully saturated rings. The maximum Gasteiger partial charge on any atom is 0.408 e. The molecule has 1 saturated heterocycles.